The number of anilines is 1. The Hall–Kier alpha value is -1.93. The van der Waals surface area contributed by atoms with E-state index in [0.29, 0.717) is 12.2 Å². The smallest absolute Gasteiger partial charge is 0.241 e. The summed E-state index contributed by atoms with van der Waals surface area (Å²) in [6.07, 6.45) is 2.20. The number of aromatic nitrogens is 1. The molecule has 0 aliphatic rings. The fourth-order valence-corrected chi connectivity index (χ4v) is 2.61. The number of aryl methyl sites for hydroxylation is 1. The van der Waals surface area contributed by atoms with Crippen LogP contribution in [0.4, 0.5) is 10.1 Å². The van der Waals surface area contributed by atoms with Crippen LogP contribution in [-0.4, -0.2) is 13.4 Å². The Morgan fingerprint density at radius 2 is 2.15 bits per heavy atom. The molecule has 1 aromatic heterocycles. The van der Waals surface area contributed by atoms with Gasteiger partial charge in [0.1, 0.15) is 11.6 Å². The van der Waals surface area contributed by atoms with E-state index >= 15 is 0 Å². The first-order chi connectivity index (χ1) is 9.40. The standard InChI is InChI=1S/C12H14FN3O3S/c1-2-10-6-15-12(19-10)7-16-20(17,18)11-4-8(13)3-9(14)5-11/h3-6,16H,2,7,14H2,1H3. The van der Waals surface area contributed by atoms with Crippen LogP contribution in [0.3, 0.4) is 0 Å². The average Bonchev–Trinajstić information content (AvgIpc) is 2.83. The number of nitrogens with two attached hydrogens (primary N) is 1. The van der Waals surface area contributed by atoms with Crippen LogP contribution in [0.1, 0.15) is 18.6 Å². The molecule has 20 heavy (non-hydrogen) atoms. The van der Waals surface area contributed by atoms with E-state index in [9.17, 15) is 12.8 Å². The minimum atomic E-state index is -3.87. The van der Waals surface area contributed by atoms with E-state index in [0.717, 1.165) is 12.1 Å². The molecular weight excluding hydrogens is 285 g/mol. The molecule has 1 heterocycles. The van der Waals surface area contributed by atoms with Gasteiger partial charge in [-0.3, -0.25) is 0 Å². The second kappa shape index (κ2) is 5.59. The molecule has 0 unspecified atom stereocenters. The zero-order valence-electron chi connectivity index (χ0n) is 10.8. The molecule has 2 aromatic rings. The van der Waals surface area contributed by atoms with Crippen LogP contribution < -0.4 is 10.5 Å². The van der Waals surface area contributed by atoms with E-state index < -0.39 is 15.8 Å². The van der Waals surface area contributed by atoms with Crippen LogP contribution in [0.2, 0.25) is 0 Å². The molecule has 2 rings (SSSR count). The Morgan fingerprint density at radius 1 is 1.40 bits per heavy atom. The van der Waals surface area contributed by atoms with Crippen LogP contribution in [-0.2, 0) is 23.0 Å². The van der Waals surface area contributed by atoms with E-state index in [1.54, 1.807) is 0 Å². The summed E-state index contributed by atoms with van der Waals surface area (Å²) < 4.78 is 44.7. The molecule has 3 N–H and O–H groups in total. The van der Waals surface area contributed by atoms with Crippen LogP contribution >= 0.6 is 0 Å². The summed E-state index contributed by atoms with van der Waals surface area (Å²) in [5.41, 5.74) is 5.46. The third-order valence-electron chi connectivity index (χ3n) is 2.57. The van der Waals surface area contributed by atoms with Crippen molar-refractivity contribution in [2.24, 2.45) is 0 Å². The number of nitrogens with one attached hydrogen (secondary N) is 1. The maximum Gasteiger partial charge on any atom is 0.241 e. The number of oxazole rings is 1. The zero-order valence-corrected chi connectivity index (χ0v) is 11.6. The van der Waals surface area contributed by atoms with Gasteiger partial charge in [-0.2, -0.15) is 0 Å². The average molecular weight is 299 g/mol. The van der Waals surface area contributed by atoms with Crippen molar-refractivity contribution in [2.75, 3.05) is 5.73 Å². The lowest BCUT2D eigenvalue weighted by Gasteiger charge is -2.06. The van der Waals surface area contributed by atoms with Crippen molar-refractivity contribution in [3.63, 3.8) is 0 Å². The summed E-state index contributed by atoms with van der Waals surface area (Å²) in [6, 6.07) is 3.12. The molecule has 0 radical (unpaired) electrons. The largest absolute Gasteiger partial charge is 0.444 e. The molecule has 6 nitrogen and oxygen atoms in total. The number of rotatable bonds is 5. The fraction of sp³-hybridized carbons (Fsp3) is 0.250. The number of hydrogen-bond donors (Lipinski definition) is 2. The van der Waals surface area contributed by atoms with Gasteiger partial charge in [0.05, 0.1) is 17.6 Å². The predicted octanol–water partition coefficient (Wildman–Crippen LogP) is 1.44. The Balaban J connectivity index is 2.14. The molecule has 0 bridgehead atoms. The SMILES string of the molecule is CCc1cnc(CNS(=O)(=O)c2cc(N)cc(F)c2)o1. The Morgan fingerprint density at radius 3 is 2.75 bits per heavy atom. The number of nitrogens with zero attached hydrogens (tertiary/aromatic N) is 1. The molecule has 0 aliphatic carbocycles. The van der Waals surface area contributed by atoms with E-state index in [1.807, 2.05) is 6.92 Å². The summed E-state index contributed by atoms with van der Waals surface area (Å²) in [7, 11) is -3.87. The first-order valence-corrected chi connectivity index (χ1v) is 7.38. The van der Waals surface area contributed by atoms with Crippen molar-refractivity contribution in [1.29, 1.82) is 0 Å². The number of sulfonamides is 1. The van der Waals surface area contributed by atoms with Crippen molar-refractivity contribution in [1.82, 2.24) is 9.71 Å². The van der Waals surface area contributed by atoms with Gasteiger partial charge in [0, 0.05) is 12.1 Å². The van der Waals surface area contributed by atoms with Crippen molar-refractivity contribution in [3.8, 4) is 0 Å². The van der Waals surface area contributed by atoms with Gasteiger partial charge in [0.25, 0.3) is 0 Å². The van der Waals surface area contributed by atoms with E-state index in [4.69, 9.17) is 10.2 Å². The zero-order chi connectivity index (χ0) is 14.8. The molecule has 0 spiro atoms. The molecule has 0 amide bonds. The lowest BCUT2D eigenvalue weighted by atomic mass is 10.3. The Bertz CT molecular complexity index is 692. The summed E-state index contributed by atoms with van der Waals surface area (Å²) in [5.74, 6) is 0.193. The molecule has 108 valence electrons. The normalized spacial score (nSPS) is 11.7. The van der Waals surface area contributed by atoms with Gasteiger partial charge in [-0.1, -0.05) is 6.92 Å². The predicted molar refractivity (Wildman–Crippen MR) is 70.7 cm³/mol. The molecular formula is C12H14FN3O3S. The molecule has 8 heteroatoms. The summed E-state index contributed by atoms with van der Waals surface area (Å²) in [6.45, 7) is 1.78. The van der Waals surface area contributed by atoms with Crippen LogP contribution in [0.15, 0.2) is 33.7 Å². The highest BCUT2D eigenvalue weighted by molar-refractivity contribution is 7.89. The van der Waals surface area contributed by atoms with Gasteiger partial charge in [0.2, 0.25) is 15.9 Å². The van der Waals surface area contributed by atoms with Crippen molar-refractivity contribution in [3.05, 3.63) is 41.9 Å². The quantitative estimate of drug-likeness (QED) is 0.814. The lowest BCUT2D eigenvalue weighted by Crippen LogP contribution is -2.23. The molecule has 0 fully saturated rings. The van der Waals surface area contributed by atoms with Gasteiger partial charge in [-0.15, -0.1) is 0 Å². The molecule has 1 aromatic carbocycles. The van der Waals surface area contributed by atoms with Crippen molar-refractivity contribution < 1.29 is 17.2 Å². The first kappa shape index (κ1) is 14.5. The number of halogens is 1. The van der Waals surface area contributed by atoms with Crippen LogP contribution in [0, 0.1) is 5.82 Å². The molecule has 0 aliphatic heterocycles. The third kappa shape index (κ3) is 3.34. The van der Waals surface area contributed by atoms with Crippen LogP contribution in [0.25, 0.3) is 0 Å². The molecule has 0 saturated heterocycles. The fourth-order valence-electron chi connectivity index (χ4n) is 1.57. The second-order valence-electron chi connectivity index (χ2n) is 4.12. The first-order valence-electron chi connectivity index (χ1n) is 5.90. The van der Waals surface area contributed by atoms with Gasteiger partial charge < -0.3 is 10.2 Å². The molecule has 0 saturated carbocycles. The number of nitrogen functional groups attached to an aromatic ring is 1. The Labute approximate surface area is 115 Å². The van der Waals surface area contributed by atoms with Crippen LogP contribution in [0.5, 0.6) is 0 Å². The van der Waals surface area contributed by atoms with Gasteiger partial charge in [-0.05, 0) is 18.2 Å². The maximum absolute atomic E-state index is 13.2. The van der Waals surface area contributed by atoms with Gasteiger partial charge in [-0.25, -0.2) is 22.5 Å². The summed E-state index contributed by atoms with van der Waals surface area (Å²) in [5, 5.41) is 0. The van der Waals surface area contributed by atoms with Crippen molar-refractivity contribution >= 4 is 15.7 Å². The van der Waals surface area contributed by atoms with Gasteiger partial charge >= 0.3 is 0 Å². The number of hydrogen-bond acceptors (Lipinski definition) is 5. The van der Waals surface area contributed by atoms with E-state index in [-0.39, 0.29) is 23.0 Å². The minimum Gasteiger partial charge on any atom is -0.444 e. The monoisotopic (exact) mass is 299 g/mol. The number of benzene rings is 1. The highest BCUT2D eigenvalue weighted by atomic mass is 32.2. The summed E-state index contributed by atoms with van der Waals surface area (Å²) in [4.78, 5) is 3.69. The minimum absolute atomic E-state index is 0.0368. The Kier molecular flexibility index (Phi) is 4.05. The van der Waals surface area contributed by atoms with Crippen molar-refractivity contribution in [2.45, 2.75) is 24.8 Å². The maximum atomic E-state index is 13.2. The molecule has 0 atom stereocenters. The summed E-state index contributed by atoms with van der Waals surface area (Å²) >= 11 is 0. The topological polar surface area (TPSA) is 98.2 Å². The highest BCUT2D eigenvalue weighted by Gasteiger charge is 2.16. The van der Waals surface area contributed by atoms with E-state index in [2.05, 4.69) is 9.71 Å². The highest BCUT2D eigenvalue weighted by Crippen LogP contribution is 2.16. The van der Waals surface area contributed by atoms with Gasteiger partial charge in [0.15, 0.2) is 0 Å². The third-order valence-corrected chi connectivity index (χ3v) is 3.95. The second-order valence-corrected chi connectivity index (χ2v) is 5.89. The lowest BCUT2D eigenvalue weighted by molar-refractivity contribution is 0.452. The van der Waals surface area contributed by atoms with E-state index in [1.165, 1.54) is 12.3 Å².